The van der Waals surface area contributed by atoms with Crippen LogP contribution in [0.2, 0.25) is 0 Å². The number of aromatic nitrogens is 3. The van der Waals surface area contributed by atoms with Crippen LogP contribution < -0.4 is 10.1 Å². The summed E-state index contributed by atoms with van der Waals surface area (Å²) in [5, 5.41) is 1.66. The van der Waals surface area contributed by atoms with E-state index >= 15 is 0 Å². The van der Waals surface area contributed by atoms with E-state index in [4.69, 9.17) is 4.98 Å². The summed E-state index contributed by atoms with van der Waals surface area (Å²) in [5.41, 5.74) is 7.59. The fraction of sp³-hybridized carbons (Fsp3) is 0.321. The van der Waals surface area contributed by atoms with E-state index in [-0.39, 0.29) is 18.7 Å². The van der Waals surface area contributed by atoms with Crippen molar-refractivity contribution in [1.29, 1.82) is 0 Å². The summed E-state index contributed by atoms with van der Waals surface area (Å²) >= 11 is 0. The van der Waals surface area contributed by atoms with E-state index in [1.54, 1.807) is 42.8 Å². The van der Waals surface area contributed by atoms with Gasteiger partial charge in [0, 0.05) is 32.1 Å². The second-order valence-corrected chi connectivity index (χ2v) is 11.5. The van der Waals surface area contributed by atoms with Crippen molar-refractivity contribution >= 4 is 21.5 Å². The molecular formula is C28H32F2N6O2S. The van der Waals surface area contributed by atoms with Crippen molar-refractivity contribution in [3.63, 3.8) is 0 Å². The van der Waals surface area contributed by atoms with Crippen LogP contribution in [0.1, 0.15) is 45.8 Å². The van der Waals surface area contributed by atoms with Crippen LogP contribution in [-0.2, 0) is 15.4 Å². The second-order valence-electron chi connectivity index (χ2n) is 9.75. The maximum Gasteiger partial charge on any atom is 0.230 e. The molecule has 1 aliphatic heterocycles. The lowest BCUT2D eigenvalue weighted by Crippen LogP contribution is -2.43. The largest absolute Gasteiger partial charge is 0.301 e. The number of hydrogen-bond donors (Lipinski definition) is 2. The van der Waals surface area contributed by atoms with Gasteiger partial charge in [-0.15, -0.1) is 0 Å². The van der Waals surface area contributed by atoms with Crippen LogP contribution in [0.15, 0.2) is 66.3 Å². The highest BCUT2D eigenvalue weighted by Gasteiger charge is 2.54. The topological polar surface area (TPSA) is 100 Å². The maximum absolute atomic E-state index is 14.6. The molecular weight excluding hydrogens is 522 g/mol. The van der Waals surface area contributed by atoms with Gasteiger partial charge in [-0.2, -0.15) is 0 Å². The van der Waals surface area contributed by atoms with Crippen LogP contribution in [0, 0.1) is 17.6 Å². The van der Waals surface area contributed by atoms with E-state index in [0.717, 1.165) is 42.5 Å². The fourth-order valence-corrected chi connectivity index (χ4v) is 6.23. The number of benzene rings is 1. The molecule has 3 aromatic rings. The molecule has 2 N–H and O–H groups in total. The van der Waals surface area contributed by atoms with Gasteiger partial charge in [0.1, 0.15) is 17.5 Å². The third-order valence-electron chi connectivity index (χ3n) is 7.35. The molecule has 2 aliphatic carbocycles. The Bertz CT molecular complexity index is 1580. The first-order chi connectivity index (χ1) is 18.6. The number of allylic oxidation sites excluding steroid dienone is 3. The molecule has 0 spiro atoms. The van der Waals surface area contributed by atoms with Gasteiger partial charge in [-0.25, -0.2) is 27.2 Å². The van der Waals surface area contributed by atoms with E-state index in [0.29, 0.717) is 17.0 Å². The zero-order valence-corrected chi connectivity index (χ0v) is 23.0. The Morgan fingerprint density at radius 1 is 1.13 bits per heavy atom. The van der Waals surface area contributed by atoms with Crippen molar-refractivity contribution in [3.05, 3.63) is 89.2 Å². The van der Waals surface area contributed by atoms with Gasteiger partial charge in [-0.1, -0.05) is 19.9 Å². The molecule has 2 bridgehead atoms. The van der Waals surface area contributed by atoms with E-state index in [1.807, 2.05) is 19.9 Å². The number of rotatable bonds is 5. The number of nitrogens with zero attached hydrogens (tertiary/aromatic N) is 4. The molecule has 3 heterocycles. The number of anilines is 1. The van der Waals surface area contributed by atoms with Crippen LogP contribution in [0.4, 0.5) is 14.6 Å². The minimum Gasteiger partial charge on any atom is -0.301 e. The van der Waals surface area contributed by atoms with Crippen molar-refractivity contribution in [2.45, 2.75) is 38.5 Å². The summed E-state index contributed by atoms with van der Waals surface area (Å²) in [6.45, 7) is 4.00. The van der Waals surface area contributed by atoms with E-state index in [2.05, 4.69) is 20.1 Å². The third kappa shape index (κ3) is 4.75. The summed E-state index contributed by atoms with van der Waals surface area (Å²) in [4.78, 5) is 13.6. The van der Waals surface area contributed by atoms with Crippen LogP contribution in [-0.4, -0.2) is 41.7 Å². The van der Waals surface area contributed by atoms with Gasteiger partial charge in [0.05, 0.1) is 40.5 Å². The fourth-order valence-electron chi connectivity index (χ4n) is 5.73. The summed E-state index contributed by atoms with van der Waals surface area (Å²) in [7, 11) is -1.67. The Balaban J connectivity index is 0.00000121. The highest BCUT2D eigenvalue weighted by atomic mass is 32.2. The molecule has 6 rings (SSSR count). The lowest BCUT2D eigenvalue weighted by atomic mass is 9.79. The zero-order valence-electron chi connectivity index (χ0n) is 22.2. The molecule has 3 aliphatic rings. The van der Waals surface area contributed by atoms with E-state index in [9.17, 15) is 17.2 Å². The Hall–Kier alpha value is -3.86. The molecule has 1 saturated carbocycles. The predicted octanol–water partition coefficient (Wildman–Crippen LogP) is 5.26. The molecule has 0 amide bonds. The van der Waals surface area contributed by atoms with Gasteiger partial charge in [0.15, 0.2) is 0 Å². The number of nitrogens with one attached hydrogen (secondary N) is 2. The summed E-state index contributed by atoms with van der Waals surface area (Å²) in [5.74, 6) is -0.741. The summed E-state index contributed by atoms with van der Waals surface area (Å²) in [6.07, 6.45) is 10.6. The van der Waals surface area contributed by atoms with Gasteiger partial charge < -0.3 is 5.43 Å². The van der Waals surface area contributed by atoms with Gasteiger partial charge in [-0.3, -0.25) is 14.7 Å². The number of halogens is 2. The Labute approximate surface area is 228 Å². The van der Waals surface area contributed by atoms with Gasteiger partial charge in [0.2, 0.25) is 10.0 Å². The van der Waals surface area contributed by atoms with Crippen molar-refractivity contribution in [1.82, 2.24) is 25.4 Å². The highest BCUT2D eigenvalue weighted by molar-refractivity contribution is 7.92. The Morgan fingerprint density at radius 3 is 2.54 bits per heavy atom. The smallest absolute Gasteiger partial charge is 0.230 e. The minimum atomic E-state index is -3.42. The van der Waals surface area contributed by atoms with E-state index < -0.39 is 27.1 Å². The van der Waals surface area contributed by atoms with Crippen LogP contribution >= 0.6 is 0 Å². The standard InChI is InChI=1S/C26H24F2N6O2S.C2H6.H2/c1-34-21(24-18(27)4-3-5-19(24)28)10-17-15-8-9-26(11-15,25(17)32-34)22-14-29-13-20(31-22)16-6-7-23(30-12-16)33-37(2,35)36;1-2;/h3-7,10,12-15,32H,8-9,11H2,1-2H3,(H,30,33);1-2H3;1H/t15-,26+;;/m1../s1. The Kier molecular flexibility index (Phi) is 6.88. The number of fused-ring (bicyclic) bond motifs is 4. The summed E-state index contributed by atoms with van der Waals surface area (Å²) in [6, 6.07) is 7.21. The molecule has 11 heteroatoms. The van der Waals surface area contributed by atoms with E-state index in [1.165, 1.54) is 18.2 Å². The van der Waals surface area contributed by atoms with Gasteiger partial charge in [0.25, 0.3) is 0 Å². The molecule has 1 aromatic carbocycles. The van der Waals surface area contributed by atoms with Gasteiger partial charge >= 0.3 is 0 Å². The average Bonchev–Trinajstić information content (AvgIpc) is 3.48. The minimum absolute atomic E-state index is 0. The molecule has 2 atom stereocenters. The van der Waals surface area contributed by atoms with Crippen molar-refractivity contribution in [2.75, 3.05) is 18.0 Å². The van der Waals surface area contributed by atoms with Gasteiger partial charge in [-0.05, 0) is 61.1 Å². The first-order valence-electron chi connectivity index (χ1n) is 12.8. The molecule has 1 fully saturated rings. The first-order valence-corrected chi connectivity index (χ1v) is 14.7. The lowest BCUT2D eigenvalue weighted by molar-refractivity contribution is 0.330. The molecule has 206 valence electrons. The average molecular weight is 555 g/mol. The van der Waals surface area contributed by atoms with Crippen molar-refractivity contribution in [2.24, 2.45) is 5.92 Å². The highest BCUT2D eigenvalue weighted by Crippen LogP contribution is 2.59. The Morgan fingerprint density at radius 2 is 1.87 bits per heavy atom. The monoisotopic (exact) mass is 554 g/mol. The number of hydrogen-bond acceptors (Lipinski definition) is 7. The molecule has 0 unspecified atom stereocenters. The molecule has 39 heavy (non-hydrogen) atoms. The molecule has 0 saturated heterocycles. The van der Waals surface area contributed by atoms with Crippen molar-refractivity contribution < 1.29 is 18.6 Å². The zero-order chi connectivity index (χ0) is 27.9. The van der Waals surface area contributed by atoms with Crippen LogP contribution in [0.25, 0.3) is 17.0 Å². The van der Waals surface area contributed by atoms with Crippen molar-refractivity contribution in [3.8, 4) is 11.3 Å². The molecule has 8 nitrogen and oxygen atoms in total. The third-order valence-corrected chi connectivity index (χ3v) is 7.93. The maximum atomic E-state index is 14.6. The quantitative estimate of drug-likeness (QED) is 0.444. The summed E-state index contributed by atoms with van der Waals surface area (Å²) < 4.78 is 54.4. The van der Waals surface area contributed by atoms with Crippen LogP contribution in [0.5, 0.6) is 0 Å². The number of hydrazine groups is 1. The first kappa shape index (κ1) is 26.7. The normalized spacial score (nSPS) is 21.5. The molecule has 2 aromatic heterocycles. The number of sulfonamides is 1. The number of pyridine rings is 1. The van der Waals surface area contributed by atoms with Crippen LogP contribution in [0.3, 0.4) is 0 Å². The SMILES string of the molecule is CC.CN1NC2=C(C=C1c1c(F)cccc1F)[C@@H]1CC[C@@]2(c2cncc(-c3ccc(NS(C)(=O)=O)nc3)n2)C1.[HH]. The molecule has 0 radical (unpaired) electrons. The second kappa shape index (κ2) is 10.0. The lowest BCUT2D eigenvalue weighted by Gasteiger charge is -2.38. The predicted molar refractivity (Wildman–Crippen MR) is 148 cm³/mol.